The van der Waals surface area contributed by atoms with Crippen LogP contribution in [0.3, 0.4) is 0 Å². The van der Waals surface area contributed by atoms with Gasteiger partial charge in [-0.05, 0) is 48.7 Å². The normalized spacial score (nSPS) is 14.5. The number of hydrogen-bond acceptors (Lipinski definition) is 4. The molecule has 24 heavy (non-hydrogen) atoms. The van der Waals surface area contributed by atoms with Crippen molar-refractivity contribution >= 4 is 34.7 Å². The van der Waals surface area contributed by atoms with Gasteiger partial charge in [-0.25, -0.2) is 0 Å². The summed E-state index contributed by atoms with van der Waals surface area (Å²) in [6, 6.07) is 7.60. The molecular weight excluding hydrogens is 344 g/mol. The highest BCUT2D eigenvalue weighted by molar-refractivity contribution is 7.80. The quantitative estimate of drug-likeness (QED) is 0.799. The number of hydrogen-bond donors (Lipinski definition) is 2. The van der Waals surface area contributed by atoms with Crippen molar-refractivity contribution in [3.8, 4) is 0 Å². The van der Waals surface area contributed by atoms with Crippen LogP contribution in [0.2, 0.25) is 0 Å². The van der Waals surface area contributed by atoms with Crippen LogP contribution < -0.4 is 10.6 Å². The van der Waals surface area contributed by atoms with Gasteiger partial charge in [0, 0.05) is 26.2 Å². The minimum atomic E-state index is 0.606. The second-order valence-corrected chi connectivity index (χ2v) is 6.22. The molecule has 8 heteroatoms. The minimum absolute atomic E-state index is 0.606. The molecule has 0 spiro atoms. The Balaban J connectivity index is 1.38. The van der Waals surface area contributed by atoms with Crippen molar-refractivity contribution in [1.29, 1.82) is 0 Å². The molecule has 0 unspecified atom stereocenters. The molecule has 0 aliphatic carbocycles. The van der Waals surface area contributed by atoms with E-state index < -0.39 is 0 Å². The average molecular weight is 364 g/mol. The summed E-state index contributed by atoms with van der Waals surface area (Å²) in [6.07, 6.45) is 3.32. The van der Waals surface area contributed by atoms with Crippen molar-refractivity contribution in [1.82, 2.24) is 20.4 Å². The van der Waals surface area contributed by atoms with Crippen molar-refractivity contribution < 1.29 is 8.83 Å². The van der Waals surface area contributed by atoms with E-state index in [0.29, 0.717) is 13.1 Å². The third-order valence-electron chi connectivity index (χ3n) is 3.84. The van der Waals surface area contributed by atoms with E-state index in [1.807, 2.05) is 24.3 Å². The molecule has 0 amide bonds. The van der Waals surface area contributed by atoms with Crippen molar-refractivity contribution in [2.24, 2.45) is 0 Å². The smallest absolute Gasteiger partial charge is 0.169 e. The lowest BCUT2D eigenvalue weighted by Gasteiger charge is -2.37. The third kappa shape index (κ3) is 4.48. The van der Waals surface area contributed by atoms with Gasteiger partial charge in [0.05, 0.1) is 25.6 Å². The van der Waals surface area contributed by atoms with Gasteiger partial charge in [0.25, 0.3) is 0 Å². The van der Waals surface area contributed by atoms with Crippen LogP contribution in [0.25, 0.3) is 0 Å². The molecule has 0 aromatic carbocycles. The Hall–Kier alpha value is -2.06. The molecule has 3 heterocycles. The SMILES string of the molecule is S=C(NCc1ccco1)N1CCN(C(=S)NCc2ccco2)CC1. The summed E-state index contributed by atoms with van der Waals surface area (Å²) >= 11 is 10.9. The molecule has 1 saturated heterocycles. The topological polar surface area (TPSA) is 56.8 Å². The van der Waals surface area contributed by atoms with Crippen molar-refractivity contribution in [3.05, 3.63) is 48.3 Å². The Bertz CT molecular complexity index is 591. The molecule has 0 saturated carbocycles. The first-order chi connectivity index (χ1) is 11.7. The molecule has 0 atom stereocenters. The molecule has 6 nitrogen and oxygen atoms in total. The van der Waals surface area contributed by atoms with Crippen LogP contribution >= 0.6 is 24.4 Å². The van der Waals surface area contributed by atoms with E-state index in [4.69, 9.17) is 33.3 Å². The van der Waals surface area contributed by atoms with Gasteiger partial charge in [-0.3, -0.25) is 0 Å². The minimum Gasteiger partial charge on any atom is -0.467 e. The lowest BCUT2D eigenvalue weighted by atomic mass is 10.3. The second-order valence-electron chi connectivity index (χ2n) is 5.45. The molecule has 2 N–H and O–H groups in total. The molecule has 2 aromatic heterocycles. The summed E-state index contributed by atoms with van der Waals surface area (Å²) in [7, 11) is 0. The Morgan fingerprint density at radius 1 is 0.833 bits per heavy atom. The van der Waals surface area contributed by atoms with Gasteiger partial charge >= 0.3 is 0 Å². The second kappa shape index (κ2) is 8.16. The van der Waals surface area contributed by atoms with Gasteiger partial charge in [-0.2, -0.15) is 0 Å². The van der Waals surface area contributed by atoms with E-state index in [2.05, 4.69) is 20.4 Å². The van der Waals surface area contributed by atoms with Gasteiger partial charge < -0.3 is 29.3 Å². The maximum atomic E-state index is 5.45. The van der Waals surface area contributed by atoms with Crippen molar-refractivity contribution in [3.63, 3.8) is 0 Å². The monoisotopic (exact) mass is 364 g/mol. The summed E-state index contributed by atoms with van der Waals surface area (Å²) < 4.78 is 10.6. The predicted molar refractivity (Wildman–Crippen MR) is 99.4 cm³/mol. The molecule has 3 rings (SSSR count). The zero-order valence-corrected chi connectivity index (χ0v) is 14.9. The molecule has 128 valence electrons. The van der Waals surface area contributed by atoms with E-state index in [-0.39, 0.29) is 0 Å². The fourth-order valence-corrected chi connectivity index (χ4v) is 3.00. The summed E-state index contributed by atoms with van der Waals surface area (Å²) in [6.45, 7) is 4.57. The van der Waals surface area contributed by atoms with Crippen LogP contribution in [0.1, 0.15) is 11.5 Å². The molecule has 1 aliphatic heterocycles. The van der Waals surface area contributed by atoms with Crippen LogP contribution in [0.5, 0.6) is 0 Å². The van der Waals surface area contributed by atoms with Crippen LogP contribution in [-0.2, 0) is 13.1 Å². The number of rotatable bonds is 4. The zero-order chi connectivity index (χ0) is 16.8. The van der Waals surface area contributed by atoms with E-state index in [1.54, 1.807) is 12.5 Å². The fourth-order valence-electron chi connectivity index (χ4n) is 2.49. The van der Waals surface area contributed by atoms with E-state index in [1.165, 1.54) is 0 Å². The lowest BCUT2D eigenvalue weighted by molar-refractivity contribution is 0.254. The highest BCUT2D eigenvalue weighted by Crippen LogP contribution is 2.06. The number of piperazine rings is 1. The van der Waals surface area contributed by atoms with Gasteiger partial charge in [0.2, 0.25) is 0 Å². The fraction of sp³-hybridized carbons (Fsp3) is 0.375. The number of nitrogens with one attached hydrogen (secondary N) is 2. The Morgan fingerprint density at radius 3 is 1.58 bits per heavy atom. The van der Waals surface area contributed by atoms with Crippen molar-refractivity contribution in [2.45, 2.75) is 13.1 Å². The van der Waals surface area contributed by atoms with Crippen LogP contribution in [-0.4, -0.2) is 46.2 Å². The Labute approximate surface area is 151 Å². The van der Waals surface area contributed by atoms with Crippen LogP contribution in [0, 0.1) is 0 Å². The van der Waals surface area contributed by atoms with Gasteiger partial charge in [-0.15, -0.1) is 0 Å². The standard InChI is InChI=1S/C16H20N4O2S2/c23-15(17-11-13-3-1-9-21-13)19-5-7-20(8-6-19)16(24)18-12-14-4-2-10-22-14/h1-4,9-10H,5-8,11-12H2,(H,17,23)(H,18,24). The van der Waals surface area contributed by atoms with Crippen molar-refractivity contribution in [2.75, 3.05) is 26.2 Å². The van der Waals surface area contributed by atoms with Gasteiger partial charge in [0.1, 0.15) is 11.5 Å². The summed E-state index contributed by atoms with van der Waals surface area (Å²) in [5, 5.41) is 7.95. The average Bonchev–Trinajstić information content (AvgIpc) is 3.31. The Morgan fingerprint density at radius 2 is 1.25 bits per heavy atom. The highest BCUT2D eigenvalue weighted by Gasteiger charge is 2.20. The zero-order valence-electron chi connectivity index (χ0n) is 13.2. The summed E-state index contributed by atoms with van der Waals surface area (Å²) in [4.78, 5) is 4.31. The highest BCUT2D eigenvalue weighted by atomic mass is 32.1. The molecular formula is C16H20N4O2S2. The van der Waals surface area contributed by atoms with Crippen LogP contribution in [0.4, 0.5) is 0 Å². The first-order valence-corrected chi connectivity index (χ1v) is 8.64. The maximum absolute atomic E-state index is 5.45. The van der Waals surface area contributed by atoms with E-state index >= 15 is 0 Å². The molecule has 1 aliphatic rings. The number of thiocarbonyl (C=S) groups is 2. The molecule has 1 fully saturated rings. The number of nitrogens with zero attached hydrogens (tertiary/aromatic N) is 2. The molecule has 2 aromatic rings. The largest absolute Gasteiger partial charge is 0.467 e. The summed E-state index contributed by atoms with van der Waals surface area (Å²) in [5.41, 5.74) is 0. The predicted octanol–water partition coefficient (Wildman–Crippen LogP) is 1.94. The number of furan rings is 2. The third-order valence-corrected chi connectivity index (χ3v) is 4.65. The first-order valence-electron chi connectivity index (χ1n) is 7.82. The van der Waals surface area contributed by atoms with Gasteiger partial charge in [0.15, 0.2) is 10.2 Å². The van der Waals surface area contributed by atoms with E-state index in [0.717, 1.165) is 47.9 Å². The lowest BCUT2D eigenvalue weighted by Crippen LogP contribution is -2.54. The molecule has 0 radical (unpaired) electrons. The van der Waals surface area contributed by atoms with E-state index in [9.17, 15) is 0 Å². The first kappa shape index (κ1) is 16.8. The van der Waals surface area contributed by atoms with Gasteiger partial charge in [-0.1, -0.05) is 0 Å². The maximum Gasteiger partial charge on any atom is 0.169 e. The molecule has 0 bridgehead atoms. The van der Waals surface area contributed by atoms with Crippen LogP contribution in [0.15, 0.2) is 45.6 Å². The summed E-state index contributed by atoms with van der Waals surface area (Å²) in [5.74, 6) is 1.75. The Kier molecular flexibility index (Phi) is 5.71.